The number of Topliss-reactive ketones (excluding diaryl/α,β-unsaturated/α-hetero) is 1. The van der Waals surface area contributed by atoms with Gasteiger partial charge in [-0.15, -0.1) is 6.58 Å². The van der Waals surface area contributed by atoms with Gasteiger partial charge in [0.15, 0.2) is 17.3 Å². The smallest absolute Gasteiger partial charge is 0.168 e. The summed E-state index contributed by atoms with van der Waals surface area (Å²) in [5, 5.41) is 19.1. The van der Waals surface area contributed by atoms with Gasteiger partial charge in [0.05, 0.1) is 18.9 Å². The molecule has 0 aromatic carbocycles. The van der Waals surface area contributed by atoms with Crippen LogP contribution >= 0.6 is 0 Å². The fourth-order valence-corrected chi connectivity index (χ4v) is 2.00. The minimum atomic E-state index is -0.242. The number of aromatic nitrogens is 1. The van der Waals surface area contributed by atoms with E-state index in [-0.39, 0.29) is 30.3 Å². The Bertz CT molecular complexity index is 700. The molecule has 1 rings (SSSR count). The fraction of sp³-hybridized carbons (Fsp3) is 0.238. The van der Waals surface area contributed by atoms with Crippen molar-refractivity contribution in [2.24, 2.45) is 0 Å². The summed E-state index contributed by atoms with van der Waals surface area (Å²) in [6.45, 7) is 6.11. The van der Waals surface area contributed by atoms with Gasteiger partial charge in [-0.05, 0) is 36.8 Å². The van der Waals surface area contributed by atoms with Crippen molar-refractivity contribution in [3.8, 4) is 0 Å². The molecule has 0 saturated carbocycles. The Labute approximate surface area is 154 Å². The van der Waals surface area contributed by atoms with Crippen LogP contribution < -0.4 is 0 Å². The van der Waals surface area contributed by atoms with E-state index in [1.54, 1.807) is 36.6 Å². The molecule has 0 amide bonds. The van der Waals surface area contributed by atoms with Crippen molar-refractivity contribution in [1.29, 1.82) is 0 Å². The van der Waals surface area contributed by atoms with Crippen LogP contribution in [0.3, 0.4) is 0 Å². The van der Waals surface area contributed by atoms with Gasteiger partial charge < -0.3 is 14.9 Å². The van der Waals surface area contributed by atoms with E-state index in [9.17, 15) is 15.0 Å². The molecule has 5 nitrogen and oxygen atoms in total. The standard InChI is InChI=1S/C21H25NO4/c1-3-9-20(24)21(25)12-6-5-11-19(23)17(13-16-26-15-4-2)18-10-7-8-14-22-18/h4-10,12-14,24-25H,2-3,11,15-16H2,1H3/b6-5+,17-13?,20-9+,21-12+. The van der Waals surface area contributed by atoms with Crippen LogP contribution in [0.5, 0.6) is 0 Å². The maximum Gasteiger partial charge on any atom is 0.168 e. The molecule has 26 heavy (non-hydrogen) atoms. The molecular formula is C21H25NO4. The largest absolute Gasteiger partial charge is 0.504 e. The van der Waals surface area contributed by atoms with E-state index >= 15 is 0 Å². The Morgan fingerprint density at radius 2 is 2.04 bits per heavy atom. The Hall–Kier alpha value is -2.92. The summed E-state index contributed by atoms with van der Waals surface area (Å²) >= 11 is 0. The highest BCUT2D eigenvalue weighted by Gasteiger charge is 2.11. The molecular weight excluding hydrogens is 330 g/mol. The van der Waals surface area contributed by atoms with Crippen molar-refractivity contribution >= 4 is 11.4 Å². The van der Waals surface area contributed by atoms with Gasteiger partial charge in [0.1, 0.15) is 0 Å². The van der Waals surface area contributed by atoms with Gasteiger partial charge in [-0.25, -0.2) is 0 Å². The van der Waals surface area contributed by atoms with E-state index in [2.05, 4.69) is 11.6 Å². The number of carbonyl (C=O) groups is 1. The average molecular weight is 355 g/mol. The zero-order chi connectivity index (χ0) is 19.2. The van der Waals surface area contributed by atoms with Crippen molar-refractivity contribution in [3.63, 3.8) is 0 Å². The molecule has 0 aliphatic heterocycles. The van der Waals surface area contributed by atoms with E-state index in [4.69, 9.17) is 4.74 Å². The minimum absolute atomic E-state index is 0.122. The van der Waals surface area contributed by atoms with Crippen molar-refractivity contribution in [2.45, 2.75) is 19.8 Å². The molecule has 1 heterocycles. The van der Waals surface area contributed by atoms with Crippen LogP contribution in [-0.4, -0.2) is 34.2 Å². The van der Waals surface area contributed by atoms with E-state index < -0.39 is 0 Å². The molecule has 0 atom stereocenters. The first-order chi connectivity index (χ1) is 12.6. The lowest BCUT2D eigenvalue weighted by molar-refractivity contribution is -0.113. The number of carbonyl (C=O) groups excluding carboxylic acids is 1. The molecule has 0 aliphatic carbocycles. The van der Waals surface area contributed by atoms with Crippen molar-refractivity contribution in [2.75, 3.05) is 13.2 Å². The number of rotatable bonds is 11. The first-order valence-corrected chi connectivity index (χ1v) is 8.38. The summed E-state index contributed by atoms with van der Waals surface area (Å²) in [6.07, 6.45) is 11.7. The van der Waals surface area contributed by atoms with Gasteiger partial charge in [0, 0.05) is 18.2 Å². The van der Waals surface area contributed by atoms with Crippen molar-refractivity contribution in [3.05, 3.63) is 84.6 Å². The van der Waals surface area contributed by atoms with Crippen LogP contribution in [0.25, 0.3) is 5.57 Å². The Morgan fingerprint density at radius 3 is 2.69 bits per heavy atom. The second kappa shape index (κ2) is 12.4. The highest BCUT2D eigenvalue weighted by atomic mass is 16.5. The number of allylic oxidation sites excluding steroid dienone is 5. The summed E-state index contributed by atoms with van der Waals surface area (Å²) < 4.78 is 5.32. The van der Waals surface area contributed by atoms with E-state index in [1.165, 1.54) is 18.2 Å². The zero-order valence-corrected chi connectivity index (χ0v) is 15.0. The third-order valence-corrected chi connectivity index (χ3v) is 3.24. The lowest BCUT2D eigenvalue weighted by atomic mass is 10.0. The maximum atomic E-state index is 12.5. The highest BCUT2D eigenvalue weighted by molar-refractivity contribution is 6.20. The van der Waals surface area contributed by atoms with Gasteiger partial charge in [-0.2, -0.15) is 0 Å². The van der Waals surface area contributed by atoms with Crippen LogP contribution in [0.15, 0.2) is 78.9 Å². The monoisotopic (exact) mass is 355 g/mol. The molecule has 5 heteroatoms. The zero-order valence-electron chi connectivity index (χ0n) is 15.0. The maximum absolute atomic E-state index is 12.5. The number of pyridine rings is 1. The quantitative estimate of drug-likeness (QED) is 0.201. The summed E-state index contributed by atoms with van der Waals surface area (Å²) in [6, 6.07) is 5.36. The summed E-state index contributed by atoms with van der Waals surface area (Å²) in [7, 11) is 0. The summed E-state index contributed by atoms with van der Waals surface area (Å²) in [5.74, 6) is -0.547. The average Bonchev–Trinajstić information content (AvgIpc) is 2.65. The highest BCUT2D eigenvalue weighted by Crippen LogP contribution is 2.15. The predicted octanol–water partition coefficient (Wildman–Crippen LogP) is 4.48. The fourth-order valence-electron chi connectivity index (χ4n) is 2.00. The first kappa shape index (κ1) is 21.1. The van der Waals surface area contributed by atoms with Crippen LogP contribution in [0.2, 0.25) is 0 Å². The van der Waals surface area contributed by atoms with Crippen LogP contribution in [0.1, 0.15) is 25.5 Å². The lowest BCUT2D eigenvalue weighted by Crippen LogP contribution is -2.04. The van der Waals surface area contributed by atoms with Crippen LogP contribution in [0, 0.1) is 0 Å². The molecule has 0 aliphatic rings. The first-order valence-electron chi connectivity index (χ1n) is 8.38. The molecule has 1 aromatic rings. The number of nitrogens with zero attached hydrogens (tertiary/aromatic N) is 1. The molecule has 0 spiro atoms. The molecule has 2 N–H and O–H groups in total. The molecule has 0 unspecified atom stereocenters. The molecule has 0 radical (unpaired) electrons. The third-order valence-electron chi connectivity index (χ3n) is 3.24. The van der Waals surface area contributed by atoms with Gasteiger partial charge in [-0.1, -0.05) is 31.2 Å². The summed E-state index contributed by atoms with van der Waals surface area (Å²) in [4.78, 5) is 16.7. The molecule has 138 valence electrons. The van der Waals surface area contributed by atoms with Crippen LogP contribution in [-0.2, 0) is 9.53 Å². The topological polar surface area (TPSA) is 79.7 Å². The van der Waals surface area contributed by atoms with Gasteiger partial charge >= 0.3 is 0 Å². The minimum Gasteiger partial charge on any atom is -0.504 e. The lowest BCUT2D eigenvalue weighted by Gasteiger charge is -2.05. The number of hydrogen-bond donors (Lipinski definition) is 2. The Morgan fingerprint density at radius 1 is 1.23 bits per heavy atom. The second-order valence-corrected chi connectivity index (χ2v) is 5.26. The molecule has 0 fully saturated rings. The van der Waals surface area contributed by atoms with Crippen LogP contribution in [0.4, 0.5) is 0 Å². The van der Waals surface area contributed by atoms with E-state index in [1.807, 2.05) is 13.0 Å². The third kappa shape index (κ3) is 7.77. The van der Waals surface area contributed by atoms with Crippen molar-refractivity contribution in [1.82, 2.24) is 4.98 Å². The SMILES string of the molecule is C=CCOCC=C(C(=O)C/C=C/C=C(O)\C(O)=C/CC)c1ccccn1. The number of ketones is 1. The molecule has 0 bridgehead atoms. The molecule has 0 saturated heterocycles. The number of aliphatic hydroxyl groups excluding tert-OH is 2. The number of ether oxygens (including phenoxy) is 1. The predicted molar refractivity (Wildman–Crippen MR) is 104 cm³/mol. The van der Waals surface area contributed by atoms with Crippen molar-refractivity contribution < 1.29 is 19.7 Å². The molecule has 1 aromatic heterocycles. The second-order valence-electron chi connectivity index (χ2n) is 5.26. The Kier molecular flexibility index (Phi) is 10.1. The van der Waals surface area contributed by atoms with E-state index in [0.29, 0.717) is 24.3 Å². The Balaban J connectivity index is 2.80. The number of aliphatic hydroxyl groups is 2. The van der Waals surface area contributed by atoms with Gasteiger partial charge in [-0.3, -0.25) is 9.78 Å². The van der Waals surface area contributed by atoms with E-state index in [0.717, 1.165) is 0 Å². The van der Waals surface area contributed by atoms with Gasteiger partial charge in [0.25, 0.3) is 0 Å². The van der Waals surface area contributed by atoms with Gasteiger partial charge in [0.2, 0.25) is 0 Å². The number of hydrogen-bond acceptors (Lipinski definition) is 5. The summed E-state index contributed by atoms with van der Waals surface area (Å²) in [5.41, 5.74) is 1.05. The normalized spacial score (nSPS) is 13.2.